The van der Waals surface area contributed by atoms with Gasteiger partial charge in [0.1, 0.15) is 11.9 Å². The van der Waals surface area contributed by atoms with E-state index in [2.05, 4.69) is 16.7 Å². The predicted molar refractivity (Wildman–Crippen MR) is 105 cm³/mol. The van der Waals surface area contributed by atoms with Crippen LogP contribution in [0.3, 0.4) is 0 Å². The lowest BCUT2D eigenvalue weighted by Gasteiger charge is -2.25. The molecule has 2 amide bonds. The summed E-state index contributed by atoms with van der Waals surface area (Å²) in [6, 6.07) is 10.5. The van der Waals surface area contributed by atoms with Crippen LogP contribution >= 0.6 is 0 Å². The van der Waals surface area contributed by atoms with Gasteiger partial charge in [-0.1, -0.05) is 37.6 Å². The third-order valence-electron chi connectivity index (χ3n) is 4.60. The van der Waals surface area contributed by atoms with E-state index in [4.69, 9.17) is 0 Å². The molecule has 144 valence electrons. The van der Waals surface area contributed by atoms with Crippen molar-refractivity contribution in [3.8, 4) is 0 Å². The molecule has 0 aliphatic heterocycles. The number of amides is 2. The van der Waals surface area contributed by atoms with Crippen molar-refractivity contribution < 1.29 is 14.0 Å². The number of aryl methyl sites for hydroxylation is 2. The van der Waals surface area contributed by atoms with Crippen molar-refractivity contribution in [3.63, 3.8) is 0 Å². The van der Waals surface area contributed by atoms with Gasteiger partial charge in [-0.2, -0.15) is 0 Å². The van der Waals surface area contributed by atoms with Crippen molar-refractivity contribution in [1.82, 2.24) is 10.6 Å². The second-order valence-corrected chi connectivity index (χ2v) is 7.29. The Morgan fingerprint density at radius 2 is 1.56 bits per heavy atom. The maximum absolute atomic E-state index is 13.0. The highest BCUT2D eigenvalue weighted by Gasteiger charge is 2.26. The summed E-state index contributed by atoms with van der Waals surface area (Å²) >= 11 is 0. The van der Waals surface area contributed by atoms with Crippen LogP contribution in [-0.4, -0.2) is 17.9 Å². The minimum absolute atomic E-state index is 0.0970. The molecule has 0 aliphatic rings. The van der Waals surface area contributed by atoms with Crippen molar-refractivity contribution >= 4 is 11.8 Å². The molecule has 0 aromatic heterocycles. The van der Waals surface area contributed by atoms with Crippen LogP contribution in [0.2, 0.25) is 0 Å². The summed E-state index contributed by atoms with van der Waals surface area (Å²) in [6.45, 7) is 9.69. The van der Waals surface area contributed by atoms with E-state index in [-0.39, 0.29) is 17.9 Å². The summed E-state index contributed by atoms with van der Waals surface area (Å²) < 4.78 is 13.0. The average Bonchev–Trinajstić information content (AvgIpc) is 2.61. The first-order valence-electron chi connectivity index (χ1n) is 9.13. The van der Waals surface area contributed by atoms with Crippen LogP contribution in [0, 0.1) is 25.6 Å². The van der Waals surface area contributed by atoms with E-state index in [1.807, 2.05) is 46.8 Å². The van der Waals surface area contributed by atoms with Gasteiger partial charge >= 0.3 is 0 Å². The van der Waals surface area contributed by atoms with Crippen molar-refractivity contribution in [2.45, 2.75) is 46.7 Å². The summed E-state index contributed by atoms with van der Waals surface area (Å²) in [5, 5.41) is 5.76. The zero-order valence-electron chi connectivity index (χ0n) is 16.5. The molecule has 0 aliphatic carbocycles. The van der Waals surface area contributed by atoms with E-state index in [0.717, 1.165) is 16.7 Å². The van der Waals surface area contributed by atoms with E-state index in [1.165, 1.54) is 24.3 Å². The van der Waals surface area contributed by atoms with E-state index in [0.29, 0.717) is 5.56 Å². The molecule has 27 heavy (non-hydrogen) atoms. The Hall–Kier alpha value is -2.69. The number of hydrogen-bond donors (Lipinski definition) is 2. The van der Waals surface area contributed by atoms with Gasteiger partial charge in [-0.15, -0.1) is 0 Å². The van der Waals surface area contributed by atoms with Gasteiger partial charge < -0.3 is 10.6 Å². The molecule has 2 unspecified atom stereocenters. The molecule has 2 aromatic rings. The van der Waals surface area contributed by atoms with Crippen LogP contribution in [0.25, 0.3) is 0 Å². The van der Waals surface area contributed by atoms with Crippen LogP contribution in [0.5, 0.6) is 0 Å². The number of carbonyl (C=O) groups excluding carboxylic acids is 2. The highest BCUT2D eigenvalue weighted by Crippen LogP contribution is 2.19. The first-order valence-corrected chi connectivity index (χ1v) is 9.13. The van der Waals surface area contributed by atoms with E-state index in [9.17, 15) is 14.0 Å². The van der Waals surface area contributed by atoms with Crippen LogP contribution in [0.4, 0.5) is 4.39 Å². The number of halogens is 1. The van der Waals surface area contributed by atoms with Crippen molar-refractivity contribution in [3.05, 3.63) is 70.5 Å². The molecule has 5 heteroatoms. The van der Waals surface area contributed by atoms with Crippen LogP contribution in [-0.2, 0) is 4.79 Å². The van der Waals surface area contributed by atoms with E-state index >= 15 is 0 Å². The molecule has 2 atom stereocenters. The summed E-state index contributed by atoms with van der Waals surface area (Å²) in [6.07, 6.45) is 0. The molecule has 0 spiro atoms. The average molecular weight is 370 g/mol. The molecule has 0 radical (unpaired) electrons. The fourth-order valence-electron chi connectivity index (χ4n) is 2.97. The lowest BCUT2D eigenvalue weighted by Crippen LogP contribution is -2.50. The lowest BCUT2D eigenvalue weighted by molar-refractivity contribution is -0.124. The quantitative estimate of drug-likeness (QED) is 0.805. The Bertz CT molecular complexity index is 816. The molecule has 0 bridgehead atoms. The van der Waals surface area contributed by atoms with Gasteiger partial charge in [-0.3, -0.25) is 9.59 Å². The van der Waals surface area contributed by atoms with Crippen molar-refractivity contribution in [2.75, 3.05) is 0 Å². The molecule has 2 rings (SSSR count). The summed E-state index contributed by atoms with van der Waals surface area (Å²) in [7, 11) is 0. The fraction of sp³-hybridized carbons (Fsp3) is 0.364. The SMILES string of the molecule is Cc1ccc(C)c(C(C)NC(=O)C(NC(=O)c2ccc(F)cc2)C(C)C)c1. The van der Waals surface area contributed by atoms with E-state index in [1.54, 1.807) is 0 Å². The van der Waals surface area contributed by atoms with Gasteiger partial charge in [0.05, 0.1) is 6.04 Å². The Morgan fingerprint density at radius 3 is 2.15 bits per heavy atom. The third kappa shape index (κ3) is 5.39. The van der Waals surface area contributed by atoms with Gasteiger partial charge in [0.25, 0.3) is 5.91 Å². The summed E-state index contributed by atoms with van der Waals surface area (Å²) in [4.78, 5) is 25.2. The molecule has 0 heterocycles. The molecular weight excluding hydrogens is 343 g/mol. The monoisotopic (exact) mass is 370 g/mol. The molecule has 0 saturated carbocycles. The normalized spacial score (nSPS) is 13.1. The predicted octanol–water partition coefficient (Wildman–Crippen LogP) is 4.07. The van der Waals surface area contributed by atoms with E-state index < -0.39 is 17.8 Å². The second kappa shape index (κ2) is 8.80. The minimum Gasteiger partial charge on any atom is -0.348 e. The van der Waals surface area contributed by atoms with Gasteiger partial charge in [0.15, 0.2) is 0 Å². The first-order chi connectivity index (χ1) is 12.7. The minimum atomic E-state index is -0.685. The highest BCUT2D eigenvalue weighted by molar-refractivity contribution is 5.97. The van der Waals surface area contributed by atoms with Gasteiger partial charge in [0, 0.05) is 5.56 Å². The number of rotatable bonds is 6. The zero-order valence-corrected chi connectivity index (χ0v) is 16.5. The number of benzene rings is 2. The molecule has 2 N–H and O–H groups in total. The van der Waals surface area contributed by atoms with Gasteiger partial charge in [-0.25, -0.2) is 4.39 Å². The second-order valence-electron chi connectivity index (χ2n) is 7.29. The van der Waals surface area contributed by atoms with Crippen molar-refractivity contribution in [1.29, 1.82) is 0 Å². The van der Waals surface area contributed by atoms with Crippen LogP contribution in [0.15, 0.2) is 42.5 Å². The van der Waals surface area contributed by atoms with Gasteiger partial charge in [-0.05, 0) is 62.1 Å². The number of hydrogen-bond acceptors (Lipinski definition) is 2. The lowest BCUT2D eigenvalue weighted by atomic mass is 9.98. The molecule has 0 saturated heterocycles. The fourth-order valence-corrected chi connectivity index (χ4v) is 2.97. The number of carbonyl (C=O) groups is 2. The smallest absolute Gasteiger partial charge is 0.251 e. The molecule has 0 fully saturated rings. The topological polar surface area (TPSA) is 58.2 Å². The number of nitrogens with one attached hydrogen (secondary N) is 2. The van der Waals surface area contributed by atoms with Crippen LogP contribution in [0.1, 0.15) is 53.9 Å². The van der Waals surface area contributed by atoms with Gasteiger partial charge in [0.2, 0.25) is 5.91 Å². The zero-order chi connectivity index (χ0) is 20.1. The Labute approximate surface area is 160 Å². The Morgan fingerprint density at radius 1 is 0.926 bits per heavy atom. The highest BCUT2D eigenvalue weighted by atomic mass is 19.1. The Kier molecular flexibility index (Phi) is 6.72. The maximum Gasteiger partial charge on any atom is 0.251 e. The molecule has 2 aromatic carbocycles. The summed E-state index contributed by atoms with van der Waals surface area (Å²) in [5.74, 6) is -1.15. The first kappa shape index (κ1) is 20.6. The maximum atomic E-state index is 13.0. The van der Waals surface area contributed by atoms with Crippen molar-refractivity contribution in [2.24, 2.45) is 5.92 Å². The van der Waals surface area contributed by atoms with Crippen LogP contribution < -0.4 is 10.6 Å². The third-order valence-corrected chi connectivity index (χ3v) is 4.60. The largest absolute Gasteiger partial charge is 0.348 e. The molecule has 4 nitrogen and oxygen atoms in total. The summed E-state index contributed by atoms with van der Waals surface area (Å²) in [5.41, 5.74) is 3.60. The Balaban J connectivity index is 2.11. The standard InChI is InChI=1S/C22H27FN2O2/c1-13(2)20(25-21(26)17-8-10-18(23)11-9-17)22(27)24-16(5)19-12-14(3)6-7-15(19)4/h6-13,16,20H,1-5H3,(H,24,27)(H,25,26). The molecular formula is C22H27FN2O2.